The van der Waals surface area contributed by atoms with Gasteiger partial charge in [0.2, 0.25) is 0 Å². The first-order valence-electron chi connectivity index (χ1n) is 5.88. The first-order chi connectivity index (χ1) is 7.97. The van der Waals surface area contributed by atoms with Crippen LogP contribution in [0.3, 0.4) is 0 Å². The third-order valence-corrected chi connectivity index (χ3v) is 6.29. The minimum atomic E-state index is -1.31. The fourth-order valence-corrected chi connectivity index (χ4v) is 5.51. The van der Waals surface area contributed by atoms with Crippen LogP contribution in [0, 0.1) is 0 Å². The van der Waals surface area contributed by atoms with Crippen molar-refractivity contribution < 1.29 is 9.53 Å². The smallest absolute Gasteiger partial charge is 0.307 e. The molecule has 0 aliphatic carbocycles. The van der Waals surface area contributed by atoms with E-state index < -0.39 is 8.07 Å². The van der Waals surface area contributed by atoms with E-state index in [2.05, 4.69) is 43.9 Å². The van der Waals surface area contributed by atoms with Crippen LogP contribution in [0.1, 0.15) is 6.42 Å². The summed E-state index contributed by atoms with van der Waals surface area (Å²) >= 11 is 1.80. The van der Waals surface area contributed by atoms with E-state index >= 15 is 0 Å². The zero-order chi connectivity index (χ0) is 12.5. The van der Waals surface area contributed by atoms with E-state index in [9.17, 15) is 4.79 Å². The molecule has 0 bridgehead atoms. The fraction of sp³-hybridized carbons (Fsp3) is 0.462. The van der Waals surface area contributed by atoms with Gasteiger partial charge in [-0.25, -0.2) is 0 Å². The average Bonchev–Trinajstić information content (AvgIpc) is 2.63. The van der Waals surface area contributed by atoms with Gasteiger partial charge >= 0.3 is 5.97 Å². The van der Waals surface area contributed by atoms with Crippen LogP contribution in [0.25, 0.3) is 0 Å². The van der Waals surface area contributed by atoms with Crippen molar-refractivity contribution in [1.29, 1.82) is 0 Å². The Hall–Kier alpha value is -0.743. The van der Waals surface area contributed by atoms with Crippen molar-refractivity contribution in [2.24, 2.45) is 0 Å². The fourth-order valence-electron chi connectivity index (χ4n) is 1.93. The molecule has 1 fully saturated rings. The molecule has 0 saturated carbocycles. The standard InChI is InChI=1S/C13H18O2SSi/c1-17(2,3)12-7-5-4-6-11(12)16-10-8-13(14)15-9-10/h4-7,10H,8-9H2,1-3H3/t10-/m0/s1. The lowest BCUT2D eigenvalue weighted by Crippen LogP contribution is -2.39. The number of cyclic esters (lactones) is 1. The molecule has 1 aliphatic rings. The van der Waals surface area contributed by atoms with Gasteiger partial charge in [-0.15, -0.1) is 11.8 Å². The van der Waals surface area contributed by atoms with Gasteiger partial charge in [0.1, 0.15) is 6.61 Å². The Morgan fingerprint density at radius 1 is 1.29 bits per heavy atom. The second kappa shape index (κ2) is 4.86. The maximum atomic E-state index is 11.1. The SMILES string of the molecule is C[Si](C)(C)c1ccccc1S[C@@H]1COC(=O)C1. The molecular formula is C13H18O2SSi. The predicted octanol–water partition coefficient (Wildman–Crippen LogP) is 2.64. The quantitative estimate of drug-likeness (QED) is 0.621. The molecule has 1 aromatic rings. The summed E-state index contributed by atoms with van der Waals surface area (Å²) in [5.74, 6) is -0.0621. The lowest BCUT2D eigenvalue weighted by Gasteiger charge is -2.21. The summed E-state index contributed by atoms with van der Waals surface area (Å²) in [6.07, 6.45) is 0.546. The summed E-state index contributed by atoms with van der Waals surface area (Å²) < 4.78 is 5.01. The molecule has 92 valence electrons. The second-order valence-electron chi connectivity index (χ2n) is 5.37. The van der Waals surface area contributed by atoms with Crippen LogP contribution in [0.15, 0.2) is 29.2 Å². The summed E-state index contributed by atoms with van der Waals surface area (Å²) in [5, 5.41) is 1.77. The van der Waals surface area contributed by atoms with Gasteiger partial charge in [0.05, 0.1) is 19.7 Å². The first kappa shape index (κ1) is 12.7. The van der Waals surface area contributed by atoms with Gasteiger partial charge in [0.25, 0.3) is 0 Å². The van der Waals surface area contributed by atoms with Gasteiger partial charge in [-0.1, -0.05) is 37.8 Å². The molecule has 0 N–H and O–H groups in total. The predicted molar refractivity (Wildman–Crippen MR) is 74.6 cm³/mol. The maximum Gasteiger partial charge on any atom is 0.307 e. The van der Waals surface area contributed by atoms with Crippen LogP contribution in [0.2, 0.25) is 19.6 Å². The molecule has 2 nitrogen and oxygen atoms in total. The molecule has 0 aromatic heterocycles. The number of carbonyl (C=O) groups is 1. The summed E-state index contributed by atoms with van der Waals surface area (Å²) in [5.41, 5.74) is 0. The lowest BCUT2D eigenvalue weighted by molar-refractivity contribution is -0.137. The van der Waals surface area contributed by atoms with Crippen LogP contribution in [0.4, 0.5) is 0 Å². The van der Waals surface area contributed by atoms with Crippen molar-refractivity contribution in [2.75, 3.05) is 6.61 Å². The Bertz CT molecular complexity index is 426. The molecular weight excluding hydrogens is 248 g/mol. The number of ether oxygens (including phenoxy) is 1. The highest BCUT2D eigenvalue weighted by Gasteiger charge is 2.27. The Morgan fingerprint density at radius 3 is 2.59 bits per heavy atom. The van der Waals surface area contributed by atoms with Crippen molar-refractivity contribution in [2.45, 2.75) is 36.2 Å². The molecule has 0 radical (unpaired) electrons. The lowest BCUT2D eigenvalue weighted by atomic mass is 10.4. The number of thioether (sulfide) groups is 1. The molecule has 1 saturated heterocycles. The summed E-state index contributed by atoms with van der Waals surface area (Å²) in [7, 11) is -1.31. The molecule has 0 amide bonds. The van der Waals surface area contributed by atoms with Crippen molar-refractivity contribution >= 4 is 31.0 Å². The van der Waals surface area contributed by atoms with Crippen LogP contribution < -0.4 is 5.19 Å². The van der Waals surface area contributed by atoms with Gasteiger partial charge < -0.3 is 4.74 Å². The molecule has 4 heteroatoms. The van der Waals surface area contributed by atoms with E-state index in [0.717, 1.165) is 0 Å². The van der Waals surface area contributed by atoms with E-state index in [1.807, 2.05) is 0 Å². The number of benzene rings is 1. The van der Waals surface area contributed by atoms with E-state index in [-0.39, 0.29) is 5.97 Å². The molecule has 1 aromatic carbocycles. The monoisotopic (exact) mass is 266 g/mol. The Labute approximate surface area is 108 Å². The van der Waals surface area contributed by atoms with E-state index in [0.29, 0.717) is 18.3 Å². The number of esters is 1. The molecule has 0 spiro atoms. The number of hydrogen-bond acceptors (Lipinski definition) is 3. The Balaban J connectivity index is 2.18. The highest BCUT2D eigenvalue weighted by atomic mass is 32.2. The number of carbonyl (C=O) groups excluding carboxylic acids is 1. The third-order valence-electron chi connectivity index (χ3n) is 2.81. The van der Waals surface area contributed by atoms with Crippen molar-refractivity contribution in [3.8, 4) is 0 Å². The van der Waals surface area contributed by atoms with Gasteiger partial charge in [-0.05, 0) is 11.3 Å². The average molecular weight is 266 g/mol. The Kier molecular flexibility index (Phi) is 3.63. The van der Waals surface area contributed by atoms with Gasteiger partial charge in [-0.3, -0.25) is 4.79 Å². The van der Waals surface area contributed by atoms with E-state index in [1.54, 1.807) is 11.8 Å². The third kappa shape index (κ3) is 3.13. The zero-order valence-electron chi connectivity index (χ0n) is 10.5. The first-order valence-corrected chi connectivity index (χ1v) is 10.3. The number of hydrogen-bond donors (Lipinski definition) is 0. The van der Waals surface area contributed by atoms with Gasteiger partial charge in [0, 0.05) is 4.90 Å². The van der Waals surface area contributed by atoms with Crippen molar-refractivity contribution in [3.05, 3.63) is 24.3 Å². The number of rotatable bonds is 3. The van der Waals surface area contributed by atoms with Crippen LogP contribution >= 0.6 is 11.8 Å². The minimum absolute atomic E-state index is 0.0621. The van der Waals surface area contributed by atoms with Crippen molar-refractivity contribution in [3.63, 3.8) is 0 Å². The maximum absolute atomic E-state index is 11.1. The second-order valence-corrected chi connectivity index (χ2v) is 11.8. The molecule has 0 unspecified atom stereocenters. The Morgan fingerprint density at radius 2 is 2.00 bits per heavy atom. The van der Waals surface area contributed by atoms with Crippen LogP contribution in [-0.4, -0.2) is 25.9 Å². The minimum Gasteiger partial charge on any atom is -0.464 e. The zero-order valence-corrected chi connectivity index (χ0v) is 12.3. The normalized spacial score (nSPS) is 20.4. The van der Waals surface area contributed by atoms with Crippen LogP contribution in [-0.2, 0) is 9.53 Å². The van der Waals surface area contributed by atoms with E-state index in [1.165, 1.54) is 10.1 Å². The molecule has 17 heavy (non-hydrogen) atoms. The summed E-state index contributed by atoms with van der Waals surface area (Å²) in [6, 6.07) is 8.57. The molecule has 1 atom stereocenters. The summed E-state index contributed by atoms with van der Waals surface area (Å²) in [6.45, 7) is 7.61. The summed E-state index contributed by atoms with van der Waals surface area (Å²) in [4.78, 5) is 12.4. The van der Waals surface area contributed by atoms with Crippen LogP contribution in [0.5, 0.6) is 0 Å². The highest BCUT2D eigenvalue weighted by molar-refractivity contribution is 8.00. The molecule has 1 aliphatic heterocycles. The largest absolute Gasteiger partial charge is 0.464 e. The van der Waals surface area contributed by atoms with Gasteiger partial charge in [0.15, 0.2) is 0 Å². The topological polar surface area (TPSA) is 26.3 Å². The molecule has 1 heterocycles. The van der Waals surface area contributed by atoms with Crippen molar-refractivity contribution in [1.82, 2.24) is 0 Å². The highest BCUT2D eigenvalue weighted by Crippen LogP contribution is 2.29. The molecule has 2 rings (SSSR count). The van der Waals surface area contributed by atoms with E-state index in [4.69, 9.17) is 4.74 Å². The van der Waals surface area contributed by atoms with Gasteiger partial charge in [-0.2, -0.15) is 0 Å².